The lowest BCUT2D eigenvalue weighted by molar-refractivity contribution is 0.481. The van der Waals surface area contributed by atoms with Gasteiger partial charge in [-0.1, -0.05) is 36.4 Å². The number of hydrogen-bond acceptors (Lipinski definition) is 3. The third kappa shape index (κ3) is 2.65. The van der Waals surface area contributed by atoms with E-state index in [2.05, 4.69) is 4.72 Å². The molecule has 0 radical (unpaired) electrons. The molecule has 0 aliphatic carbocycles. The average Bonchev–Trinajstić information content (AvgIpc) is 2.86. The monoisotopic (exact) mass is 315 g/mol. The SMILES string of the molecule is Cc1c(C(C)NS(=O)(=O)c2ccccc2)oc2ccccc12. The second-order valence-electron chi connectivity index (χ2n) is 5.24. The molecule has 0 saturated carbocycles. The Balaban J connectivity index is 1.94. The highest BCUT2D eigenvalue weighted by Crippen LogP contribution is 2.29. The lowest BCUT2D eigenvalue weighted by Crippen LogP contribution is -2.27. The van der Waals surface area contributed by atoms with Crippen LogP contribution in [0.4, 0.5) is 0 Å². The Hall–Kier alpha value is -2.11. The van der Waals surface area contributed by atoms with Gasteiger partial charge in [0.1, 0.15) is 11.3 Å². The van der Waals surface area contributed by atoms with Gasteiger partial charge in [0.15, 0.2) is 0 Å². The van der Waals surface area contributed by atoms with Gasteiger partial charge in [-0.15, -0.1) is 0 Å². The van der Waals surface area contributed by atoms with E-state index in [4.69, 9.17) is 4.42 Å². The van der Waals surface area contributed by atoms with Crippen molar-refractivity contribution in [1.29, 1.82) is 0 Å². The molecule has 0 aliphatic heterocycles. The minimum Gasteiger partial charge on any atom is -0.459 e. The molecular formula is C17H17NO3S. The largest absolute Gasteiger partial charge is 0.459 e. The highest BCUT2D eigenvalue weighted by atomic mass is 32.2. The number of fused-ring (bicyclic) bond motifs is 1. The number of sulfonamides is 1. The summed E-state index contributed by atoms with van der Waals surface area (Å²) >= 11 is 0. The van der Waals surface area contributed by atoms with E-state index < -0.39 is 16.1 Å². The summed E-state index contributed by atoms with van der Waals surface area (Å²) in [6.45, 7) is 3.72. The Morgan fingerprint density at radius 3 is 2.32 bits per heavy atom. The van der Waals surface area contributed by atoms with E-state index in [1.165, 1.54) is 0 Å². The van der Waals surface area contributed by atoms with Crippen LogP contribution in [0.3, 0.4) is 0 Å². The van der Waals surface area contributed by atoms with Gasteiger partial charge in [0.2, 0.25) is 10.0 Å². The molecule has 5 heteroatoms. The highest BCUT2D eigenvalue weighted by Gasteiger charge is 2.22. The van der Waals surface area contributed by atoms with Crippen LogP contribution in [0.1, 0.15) is 24.3 Å². The molecule has 1 unspecified atom stereocenters. The third-order valence-corrected chi connectivity index (χ3v) is 5.22. The molecule has 0 aliphatic rings. The molecule has 0 spiro atoms. The van der Waals surface area contributed by atoms with Crippen LogP contribution in [-0.4, -0.2) is 8.42 Å². The molecule has 3 aromatic rings. The van der Waals surface area contributed by atoms with E-state index in [1.807, 2.05) is 31.2 Å². The fourth-order valence-electron chi connectivity index (χ4n) is 2.56. The first-order valence-electron chi connectivity index (χ1n) is 7.04. The van der Waals surface area contributed by atoms with Gasteiger partial charge in [-0.05, 0) is 32.0 Å². The first-order chi connectivity index (χ1) is 10.5. The van der Waals surface area contributed by atoms with Crippen molar-refractivity contribution in [3.63, 3.8) is 0 Å². The zero-order valence-electron chi connectivity index (χ0n) is 12.4. The van der Waals surface area contributed by atoms with Crippen LogP contribution in [0, 0.1) is 6.92 Å². The second-order valence-corrected chi connectivity index (χ2v) is 6.96. The van der Waals surface area contributed by atoms with E-state index >= 15 is 0 Å². The highest BCUT2D eigenvalue weighted by molar-refractivity contribution is 7.89. The summed E-state index contributed by atoms with van der Waals surface area (Å²) in [6, 6.07) is 15.6. The summed E-state index contributed by atoms with van der Waals surface area (Å²) in [4.78, 5) is 0.246. The van der Waals surface area contributed by atoms with Crippen LogP contribution in [0.25, 0.3) is 11.0 Å². The van der Waals surface area contributed by atoms with Gasteiger partial charge < -0.3 is 4.42 Å². The average molecular weight is 315 g/mol. The zero-order chi connectivity index (χ0) is 15.7. The number of nitrogens with one attached hydrogen (secondary N) is 1. The molecule has 0 fully saturated rings. The topological polar surface area (TPSA) is 59.3 Å². The van der Waals surface area contributed by atoms with Gasteiger partial charge in [-0.2, -0.15) is 0 Å². The molecule has 0 saturated heterocycles. The first kappa shape index (κ1) is 14.8. The molecule has 1 atom stereocenters. The van der Waals surface area contributed by atoms with Crippen molar-refractivity contribution in [3.05, 3.63) is 65.9 Å². The zero-order valence-corrected chi connectivity index (χ0v) is 13.2. The Bertz CT molecular complexity index is 898. The van der Waals surface area contributed by atoms with Crippen molar-refractivity contribution in [1.82, 2.24) is 4.72 Å². The lowest BCUT2D eigenvalue weighted by Gasteiger charge is -2.13. The van der Waals surface area contributed by atoms with Crippen LogP contribution in [-0.2, 0) is 10.0 Å². The standard InChI is InChI=1S/C17H17NO3S/c1-12-15-10-6-7-11-16(15)21-17(12)13(2)18-22(19,20)14-8-4-3-5-9-14/h3-11,13,18H,1-2H3. The maximum Gasteiger partial charge on any atom is 0.241 e. The molecule has 0 amide bonds. The molecule has 22 heavy (non-hydrogen) atoms. The van der Waals surface area contributed by atoms with Gasteiger partial charge >= 0.3 is 0 Å². The van der Waals surface area contributed by atoms with Crippen molar-refractivity contribution >= 4 is 21.0 Å². The fraction of sp³-hybridized carbons (Fsp3) is 0.176. The number of aryl methyl sites for hydroxylation is 1. The van der Waals surface area contributed by atoms with Gasteiger partial charge in [-0.3, -0.25) is 0 Å². The van der Waals surface area contributed by atoms with E-state index in [-0.39, 0.29) is 4.90 Å². The van der Waals surface area contributed by atoms with Crippen LogP contribution in [0.2, 0.25) is 0 Å². The van der Waals surface area contributed by atoms with Gasteiger partial charge in [0, 0.05) is 10.9 Å². The lowest BCUT2D eigenvalue weighted by atomic mass is 10.1. The predicted molar refractivity (Wildman–Crippen MR) is 86.1 cm³/mol. The minimum absolute atomic E-state index is 0.246. The molecule has 0 bridgehead atoms. The van der Waals surface area contributed by atoms with E-state index in [1.54, 1.807) is 37.3 Å². The summed E-state index contributed by atoms with van der Waals surface area (Å²) in [5, 5.41) is 1.00. The normalized spacial score (nSPS) is 13.4. The Morgan fingerprint density at radius 2 is 1.64 bits per heavy atom. The Labute approximate surface area is 129 Å². The smallest absolute Gasteiger partial charge is 0.241 e. The maximum atomic E-state index is 12.4. The van der Waals surface area contributed by atoms with Crippen molar-refractivity contribution in [2.24, 2.45) is 0 Å². The summed E-state index contributed by atoms with van der Waals surface area (Å²) < 4.78 is 33.3. The fourth-order valence-corrected chi connectivity index (χ4v) is 3.78. The second kappa shape index (κ2) is 5.59. The molecule has 1 heterocycles. The number of para-hydroxylation sites is 1. The van der Waals surface area contributed by atoms with Crippen LogP contribution in [0.5, 0.6) is 0 Å². The summed E-state index contributed by atoms with van der Waals surface area (Å²) in [5.41, 5.74) is 1.72. The molecule has 114 valence electrons. The van der Waals surface area contributed by atoms with Crippen LogP contribution >= 0.6 is 0 Å². The summed E-state index contributed by atoms with van der Waals surface area (Å²) in [6.07, 6.45) is 0. The molecule has 4 nitrogen and oxygen atoms in total. The van der Waals surface area contributed by atoms with Crippen LogP contribution in [0.15, 0.2) is 63.9 Å². The molecule has 1 aromatic heterocycles. The van der Waals surface area contributed by atoms with Gasteiger partial charge in [0.05, 0.1) is 10.9 Å². The number of rotatable bonds is 4. The molecule has 1 N–H and O–H groups in total. The minimum atomic E-state index is -3.57. The predicted octanol–water partition coefficient (Wildman–Crippen LogP) is 3.78. The maximum absolute atomic E-state index is 12.4. The van der Waals surface area contributed by atoms with Crippen LogP contribution < -0.4 is 4.72 Å². The van der Waals surface area contributed by atoms with Crippen molar-refractivity contribution < 1.29 is 12.8 Å². The molecule has 3 rings (SSSR count). The Kier molecular flexibility index (Phi) is 3.76. The van der Waals surface area contributed by atoms with Gasteiger partial charge in [-0.25, -0.2) is 13.1 Å². The number of benzene rings is 2. The first-order valence-corrected chi connectivity index (χ1v) is 8.53. The van der Waals surface area contributed by atoms with E-state index in [0.29, 0.717) is 5.76 Å². The molecular weight excluding hydrogens is 298 g/mol. The van der Waals surface area contributed by atoms with E-state index in [0.717, 1.165) is 16.5 Å². The van der Waals surface area contributed by atoms with Gasteiger partial charge in [0.25, 0.3) is 0 Å². The van der Waals surface area contributed by atoms with Crippen molar-refractivity contribution in [2.45, 2.75) is 24.8 Å². The number of hydrogen-bond donors (Lipinski definition) is 1. The summed E-state index contributed by atoms with van der Waals surface area (Å²) in [7, 11) is -3.57. The quantitative estimate of drug-likeness (QED) is 0.797. The van der Waals surface area contributed by atoms with Crippen molar-refractivity contribution in [2.75, 3.05) is 0 Å². The number of furan rings is 1. The van der Waals surface area contributed by atoms with Crippen molar-refractivity contribution in [3.8, 4) is 0 Å². The molecule has 2 aromatic carbocycles. The van der Waals surface area contributed by atoms with E-state index in [9.17, 15) is 8.42 Å². The third-order valence-electron chi connectivity index (χ3n) is 3.66. The Morgan fingerprint density at radius 1 is 1.00 bits per heavy atom. The summed E-state index contributed by atoms with van der Waals surface area (Å²) in [5.74, 6) is 0.640.